The van der Waals surface area contributed by atoms with Gasteiger partial charge in [0.1, 0.15) is 0 Å². The number of hydrogen-bond donors (Lipinski definition) is 3. The number of thioether (sulfide) groups is 1. The highest BCUT2D eigenvalue weighted by Crippen LogP contribution is 2.19. The van der Waals surface area contributed by atoms with Crippen LogP contribution in [0.15, 0.2) is 58.4 Å². The van der Waals surface area contributed by atoms with E-state index < -0.39 is 6.09 Å². The molecule has 0 bridgehead atoms. The molecule has 0 radical (unpaired) electrons. The zero-order chi connectivity index (χ0) is 19.5. The lowest BCUT2D eigenvalue weighted by molar-refractivity contribution is 0.187. The number of guanidine groups is 1. The van der Waals surface area contributed by atoms with E-state index in [0.717, 1.165) is 28.8 Å². The van der Waals surface area contributed by atoms with E-state index in [2.05, 4.69) is 25.7 Å². The molecule has 0 spiro atoms. The topological polar surface area (TPSA) is 74.8 Å². The number of amides is 1. The maximum atomic E-state index is 11.2. The van der Waals surface area contributed by atoms with Crippen LogP contribution in [0.1, 0.15) is 5.56 Å². The number of nitrogens with zero attached hydrogens (tertiary/aromatic N) is 1. The molecule has 0 atom stereocenters. The number of aliphatic imine (C=N–C) groups is 1. The summed E-state index contributed by atoms with van der Waals surface area (Å²) in [5.74, 6) is 1.65. The van der Waals surface area contributed by atoms with E-state index in [-0.39, 0.29) is 0 Å². The average Bonchev–Trinajstić information content (AvgIpc) is 2.69. The Bertz CT molecular complexity index is 751. The van der Waals surface area contributed by atoms with Crippen molar-refractivity contribution in [1.82, 2.24) is 10.6 Å². The van der Waals surface area contributed by atoms with E-state index in [4.69, 9.17) is 11.6 Å². The average molecular weight is 407 g/mol. The van der Waals surface area contributed by atoms with Crippen molar-refractivity contribution in [2.24, 2.45) is 4.99 Å². The number of halogens is 1. The molecule has 144 valence electrons. The van der Waals surface area contributed by atoms with Gasteiger partial charge < -0.3 is 15.4 Å². The fraction of sp³-hybridized carbons (Fsp3) is 0.263. The van der Waals surface area contributed by atoms with Crippen LogP contribution in [0.5, 0.6) is 0 Å². The molecule has 1 amide bonds. The van der Waals surface area contributed by atoms with Crippen molar-refractivity contribution in [1.29, 1.82) is 0 Å². The van der Waals surface area contributed by atoms with Crippen LogP contribution in [0.3, 0.4) is 0 Å². The molecular weight excluding hydrogens is 384 g/mol. The highest BCUT2D eigenvalue weighted by molar-refractivity contribution is 7.99. The summed E-state index contributed by atoms with van der Waals surface area (Å²) in [5.41, 5.74) is 1.76. The molecule has 0 aliphatic rings. The van der Waals surface area contributed by atoms with Crippen LogP contribution >= 0.6 is 23.4 Å². The second kappa shape index (κ2) is 11.4. The summed E-state index contributed by atoms with van der Waals surface area (Å²) in [6.07, 6.45) is -0.484. The summed E-state index contributed by atoms with van der Waals surface area (Å²) in [6.45, 7) is 1.41. The first-order chi connectivity index (χ1) is 13.1. The molecule has 0 unspecified atom stereocenters. The summed E-state index contributed by atoms with van der Waals surface area (Å²) in [6, 6.07) is 15.3. The van der Waals surface area contributed by atoms with Crippen molar-refractivity contribution in [3.63, 3.8) is 0 Å². The number of benzene rings is 2. The van der Waals surface area contributed by atoms with Crippen LogP contribution in [0, 0.1) is 0 Å². The van der Waals surface area contributed by atoms with Crippen LogP contribution in [0.25, 0.3) is 0 Å². The highest BCUT2D eigenvalue weighted by atomic mass is 35.5. The minimum Gasteiger partial charge on any atom is -0.453 e. The van der Waals surface area contributed by atoms with E-state index in [1.165, 1.54) is 12.0 Å². The van der Waals surface area contributed by atoms with E-state index in [0.29, 0.717) is 12.2 Å². The summed E-state index contributed by atoms with van der Waals surface area (Å²) in [7, 11) is 3.07. The lowest BCUT2D eigenvalue weighted by Crippen LogP contribution is -2.37. The van der Waals surface area contributed by atoms with E-state index in [9.17, 15) is 4.79 Å². The predicted octanol–water partition coefficient (Wildman–Crippen LogP) is 3.98. The van der Waals surface area contributed by atoms with Crippen LogP contribution < -0.4 is 16.0 Å². The smallest absolute Gasteiger partial charge is 0.411 e. The number of carbonyl (C=O) groups excluding carboxylic acids is 1. The Labute approximate surface area is 168 Å². The molecule has 0 saturated heterocycles. The van der Waals surface area contributed by atoms with Gasteiger partial charge in [-0.05, 0) is 42.0 Å². The number of ether oxygens (including phenoxy) is 1. The summed E-state index contributed by atoms with van der Waals surface area (Å²) in [5, 5.41) is 9.91. The summed E-state index contributed by atoms with van der Waals surface area (Å²) in [4.78, 5) is 16.6. The molecule has 2 aromatic carbocycles. The van der Waals surface area contributed by atoms with Crippen molar-refractivity contribution >= 4 is 41.1 Å². The molecule has 3 N–H and O–H groups in total. The predicted molar refractivity (Wildman–Crippen MR) is 113 cm³/mol. The van der Waals surface area contributed by atoms with Crippen molar-refractivity contribution in [2.75, 3.05) is 31.8 Å². The molecule has 2 rings (SSSR count). The Balaban J connectivity index is 1.70. The van der Waals surface area contributed by atoms with Crippen molar-refractivity contribution in [3.05, 3.63) is 59.1 Å². The number of hydrogen-bond acceptors (Lipinski definition) is 4. The Morgan fingerprint density at radius 3 is 2.44 bits per heavy atom. The third-order valence-corrected chi connectivity index (χ3v) is 4.81. The second-order valence-electron chi connectivity index (χ2n) is 5.47. The van der Waals surface area contributed by atoms with Gasteiger partial charge in [0.2, 0.25) is 0 Å². The molecule has 2 aromatic rings. The molecule has 0 aromatic heterocycles. The first-order valence-corrected chi connectivity index (χ1v) is 9.74. The number of anilines is 1. The Morgan fingerprint density at radius 2 is 1.81 bits per heavy atom. The first-order valence-electron chi connectivity index (χ1n) is 8.37. The Hall–Kier alpha value is -2.38. The van der Waals surface area contributed by atoms with Gasteiger partial charge in [0.15, 0.2) is 5.96 Å². The lowest BCUT2D eigenvalue weighted by Gasteiger charge is -2.12. The number of methoxy groups -OCH3 is 1. The first kappa shape index (κ1) is 20.9. The van der Waals surface area contributed by atoms with E-state index in [1.807, 2.05) is 48.5 Å². The van der Waals surface area contributed by atoms with Crippen molar-refractivity contribution < 1.29 is 9.53 Å². The summed E-state index contributed by atoms with van der Waals surface area (Å²) >= 11 is 7.64. The standard InChI is InChI=1S/C19H23ClN4O2S/c1-21-18(22-11-12-27-17-9-5-15(20)6-10-17)23-13-14-3-7-16(8-4-14)24-19(25)26-2/h3-10H,11-13H2,1-2H3,(H,24,25)(H2,21,22,23). The quantitative estimate of drug-likeness (QED) is 0.281. The van der Waals surface area contributed by atoms with E-state index >= 15 is 0 Å². The third kappa shape index (κ3) is 7.80. The third-order valence-electron chi connectivity index (χ3n) is 3.55. The highest BCUT2D eigenvalue weighted by Gasteiger charge is 2.02. The molecule has 0 aliphatic heterocycles. The van der Waals surface area contributed by atoms with Gasteiger partial charge in [0, 0.05) is 41.5 Å². The van der Waals surface area contributed by atoms with Crippen LogP contribution in [-0.2, 0) is 11.3 Å². The number of nitrogens with one attached hydrogen (secondary N) is 3. The molecule has 0 saturated carbocycles. The maximum Gasteiger partial charge on any atom is 0.411 e. The van der Waals surface area contributed by atoms with Crippen LogP contribution in [0.4, 0.5) is 10.5 Å². The summed E-state index contributed by atoms with van der Waals surface area (Å²) < 4.78 is 4.56. The number of rotatable bonds is 7. The fourth-order valence-electron chi connectivity index (χ4n) is 2.15. The van der Waals surface area contributed by atoms with Gasteiger partial charge in [-0.2, -0.15) is 0 Å². The van der Waals surface area contributed by atoms with Gasteiger partial charge in [-0.3, -0.25) is 10.3 Å². The minimum absolute atomic E-state index is 0.484. The van der Waals surface area contributed by atoms with Crippen LogP contribution in [-0.4, -0.2) is 38.5 Å². The molecule has 27 heavy (non-hydrogen) atoms. The molecule has 8 heteroatoms. The zero-order valence-corrected chi connectivity index (χ0v) is 16.9. The number of carbonyl (C=O) groups is 1. The van der Waals surface area contributed by atoms with Gasteiger partial charge >= 0.3 is 6.09 Å². The molecule has 0 aliphatic carbocycles. The Morgan fingerprint density at radius 1 is 1.11 bits per heavy atom. The van der Waals surface area contributed by atoms with E-state index in [1.54, 1.807) is 18.8 Å². The molecular formula is C19H23ClN4O2S. The fourth-order valence-corrected chi connectivity index (χ4v) is 3.04. The van der Waals surface area contributed by atoms with Crippen LogP contribution in [0.2, 0.25) is 5.02 Å². The SMILES string of the molecule is CN=C(NCCSc1ccc(Cl)cc1)NCc1ccc(NC(=O)OC)cc1. The Kier molecular flexibility index (Phi) is 8.80. The van der Waals surface area contributed by atoms with Crippen molar-refractivity contribution in [3.8, 4) is 0 Å². The minimum atomic E-state index is -0.484. The normalized spacial score (nSPS) is 11.0. The largest absolute Gasteiger partial charge is 0.453 e. The van der Waals surface area contributed by atoms with Crippen molar-refractivity contribution in [2.45, 2.75) is 11.4 Å². The van der Waals surface area contributed by atoms with Gasteiger partial charge in [-0.25, -0.2) is 4.79 Å². The molecule has 0 fully saturated rings. The maximum absolute atomic E-state index is 11.2. The lowest BCUT2D eigenvalue weighted by atomic mass is 10.2. The second-order valence-corrected chi connectivity index (χ2v) is 7.07. The zero-order valence-electron chi connectivity index (χ0n) is 15.3. The van der Waals surface area contributed by atoms with Gasteiger partial charge in [-0.15, -0.1) is 11.8 Å². The van der Waals surface area contributed by atoms with Gasteiger partial charge in [0.25, 0.3) is 0 Å². The van der Waals surface area contributed by atoms with Gasteiger partial charge in [0.05, 0.1) is 7.11 Å². The molecule has 6 nitrogen and oxygen atoms in total. The molecule has 0 heterocycles. The monoisotopic (exact) mass is 406 g/mol. The van der Waals surface area contributed by atoms with Gasteiger partial charge in [-0.1, -0.05) is 23.7 Å².